The fourth-order valence-corrected chi connectivity index (χ4v) is 3.93. The number of rotatable bonds is 5. The van der Waals surface area contributed by atoms with Crippen LogP contribution < -0.4 is 5.43 Å². The second-order valence-electron chi connectivity index (χ2n) is 8.10. The van der Waals surface area contributed by atoms with Crippen LogP contribution in [-0.4, -0.2) is 26.4 Å². The Morgan fingerprint density at radius 1 is 1.14 bits per heavy atom. The van der Waals surface area contributed by atoms with Crippen LogP contribution in [0.15, 0.2) is 47.5 Å². The van der Waals surface area contributed by atoms with Crippen molar-refractivity contribution in [2.45, 2.75) is 50.9 Å². The number of benzene rings is 1. The maximum Gasteiger partial charge on any atom is 0.418 e. The molecule has 1 aromatic carbocycles. The van der Waals surface area contributed by atoms with Crippen molar-refractivity contribution in [2.24, 2.45) is 0 Å². The second kappa shape index (κ2) is 7.02. The van der Waals surface area contributed by atoms with E-state index in [1.165, 1.54) is 41.2 Å². The van der Waals surface area contributed by atoms with Crippen molar-refractivity contribution in [1.29, 1.82) is 0 Å². The zero-order chi connectivity index (χ0) is 21.6. The van der Waals surface area contributed by atoms with Gasteiger partial charge in [0.05, 0.1) is 12.1 Å². The van der Waals surface area contributed by atoms with Gasteiger partial charge >= 0.3 is 6.18 Å². The SMILES string of the molecule is Cc1ccc(F)cc1C(C)(C)CC(O)(Cn1ccc(=O)c2[nH]ccc21)C(F)(F)F. The molecule has 3 rings (SSSR count). The first kappa shape index (κ1) is 21.1. The van der Waals surface area contributed by atoms with Gasteiger partial charge in [-0.15, -0.1) is 0 Å². The molecular weight excluding hydrogens is 388 g/mol. The summed E-state index contributed by atoms with van der Waals surface area (Å²) in [5, 5.41) is 10.8. The van der Waals surface area contributed by atoms with E-state index in [-0.39, 0.29) is 16.5 Å². The van der Waals surface area contributed by atoms with Crippen molar-refractivity contribution in [2.75, 3.05) is 0 Å². The highest BCUT2D eigenvalue weighted by Gasteiger charge is 2.56. The molecule has 1 unspecified atom stereocenters. The van der Waals surface area contributed by atoms with E-state index >= 15 is 0 Å². The van der Waals surface area contributed by atoms with E-state index in [4.69, 9.17) is 0 Å². The molecule has 0 fully saturated rings. The summed E-state index contributed by atoms with van der Waals surface area (Å²) >= 11 is 0. The van der Waals surface area contributed by atoms with Gasteiger partial charge in [0.25, 0.3) is 0 Å². The maximum atomic E-state index is 14.0. The Kier molecular flexibility index (Phi) is 5.11. The van der Waals surface area contributed by atoms with Gasteiger partial charge in [-0.25, -0.2) is 4.39 Å². The zero-order valence-electron chi connectivity index (χ0n) is 16.3. The van der Waals surface area contributed by atoms with E-state index in [1.807, 2.05) is 0 Å². The largest absolute Gasteiger partial charge is 0.418 e. The fourth-order valence-electron chi connectivity index (χ4n) is 3.93. The summed E-state index contributed by atoms with van der Waals surface area (Å²) < 4.78 is 57.0. The van der Waals surface area contributed by atoms with Crippen molar-refractivity contribution in [3.05, 3.63) is 69.9 Å². The van der Waals surface area contributed by atoms with Crippen molar-refractivity contribution < 1.29 is 22.7 Å². The Balaban J connectivity index is 2.05. The number of hydrogen-bond donors (Lipinski definition) is 2. The van der Waals surface area contributed by atoms with Crippen molar-refractivity contribution in [1.82, 2.24) is 9.55 Å². The van der Waals surface area contributed by atoms with Crippen LogP contribution in [0.1, 0.15) is 31.4 Å². The predicted molar refractivity (Wildman–Crippen MR) is 102 cm³/mol. The molecule has 0 saturated carbocycles. The Labute approximate surface area is 164 Å². The van der Waals surface area contributed by atoms with Gasteiger partial charge in [-0.3, -0.25) is 4.79 Å². The van der Waals surface area contributed by atoms with Gasteiger partial charge in [-0.05, 0) is 48.1 Å². The molecule has 3 aromatic rings. The molecule has 29 heavy (non-hydrogen) atoms. The second-order valence-corrected chi connectivity index (χ2v) is 8.10. The number of hydrogen-bond acceptors (Lipinski definition) is 2. The number of alkyl halides is 3. The topological polar surface area (TPSA) is 58.0 Å². The number of pyridine rings is 1. The van der Waals surface area contributed by atoms with Gasteiger partial charge < -0.3 is 14.7 Å². The number of aryl methyl sites for hydroxylation is 1. The minimum atomic E-state index is -4.95. The van der Waals surface area contributed by atoms with E-state index in [2.05, 4.69) is 4.98 Å². The Morgan fingerprint density at radius 2 is 1.83 bits per heavy atom. The standard InChI is InChI=1S/C21H22F4N2O2/c1-13-4-5-14(22)10-15(13)19(2,3)11-20(29,21(23,24)25)12-27-9-7-17(28)18-16(27)6-8-26-18/h4-10,26,29H,11-12H2,1-3H3. The summed E-state index contributed by atoms with van der Waals surface area (Å²) in [6.45, 7) is 3.97. The summed E-state index contributed by atoms with van der Waals surface area (Å²) in [5.74, 6) is -0.552. The molecule has 0 saturated heterocycles. The number of nitrogens with one attached hydrogen (secondary N) is 1. The molecule has 2 N–H and O–H groups in total. The van der Waals surface area contributed by atoms with Crippen LogP contribution in [0.5, 0.6) is 0 Å². The van der Waals surface area contributed by atoms with Crippen LogP contribution in [0, 0.1) is 12.7 Å². The van der Waals surface area contributed by atoms with Crippen LogP contribution in [0.2, 0.25) is 0 Å². The molecule has 0 bridgehead atoms. The smallest absolute Gasteiger partial charge is 0.379 e. The number of aromatic amines is 1. The Morgan fingerprint density at radius 3 is 2.48 bits per heavy atom. The minimum absolute atomic E-state index is 0.164. The first-order valence-corrected chi connectivity index (χ1v) is 9.06. The lowest BCUT2D eigenvalue weighted by Gasteiger charge is -2.39. The average Bonchev–Trinajstić information content (AvgIpc) is 3.09. The van der Waals surface area contributed by atoms with Crippen molar-refractivity contribution in [3.63, 3.8) is 0 Å². The molecular formula is C21H22F4N2O2. The van der Waals surface area contributed by atoms with Crippen molar-refractivity contribution in [3.8, 4) is 0 Å². The van der Waals surface area contributed by atoms with Gasteiger partial charge in [-0.2, -0.15) is 13.2 Å². The van der Waals surface area contributed by atoms with Crippen LogP contribution in [0.4, 0.5) is 17.6 Å². The first-order valence-electron chi connectivity index (χ1n) is 9.06. The quantitative estimate of drug-likeness (QED) is 0.611. The van der Waals surface area contributed by atoms with Gasteiger partial charge in [0.15, 0.2) is 5.60 Å². The van der Waals surface area contributed by atoms with E-state index < -0.39 is 36.0 Å². The molecule has 0 radical (unpaired) electrons. The molecule has 0 aliphatic rings. The van der Waals surface area contributed by atoms with E-state index in [0.29, 0.717) is 11.1 Å². The van der Waals surface area contributed by atoms with Crippen LogP contribution in [0.3, 0.4) is 0 Å². The number of H-pyrrole nitrogens is 1. The highest BCUT2D eigenvalue weighted by atomic mass is 19.4. The third kappa shape index (κ3) is 3.94. The van der Waals surface area contributed by atoms with Crippen LogP contribution in [-0.2, 0) is 12.0 Å². The Bertz CT molecular complexity index is 1100. The number of aromatic nitrogens is 2. The van der Waals surface area contributed by atoms with E-state index in [9.17, 15) is 27.5 Å². The average molecular weight is 410 g/mol. The summed E-state index contributed by atoms with van der Waals surface area (Å²) in [6.07, 6.45) is -2.95. The number of halogens is 4. The fraction of sp³-hybridized carbons (Fsp3) is 0.381. The van der Waals surface area contributed by atoms with Gasteiger partial charge in [-0.1, -0.05) is 19.9 Å². The molecule has 0 aliphatic carbocycles. The maximum absolute atomic E-state index is 14.0. The minimum Gasteiger partial charge on any atom is -0.379 e. The third-order valence-electron chi connectivity index (χ3n) is 5.31. The zero-order valence-corrected chi connectivity index (χ0v) is 16.3. The Hall–Kier alpha value is -2.61. The van der Waals surface area contributed by atoms with Gasteiger partial charge in [0.1, 0.15) is 11.3 Å². The van der Waals surface area contributed by atoms with E-state index in [1.54, 1.807) is 20.8 Å². The number of nitrogens with zero attached hydrogens (tertiary/aromatic N) is 1. The lowest BCUT2D eigenvalue weighted by molar-refractivity contribution is -0.271. The highest BCUT2D eigenvalue weighted by molar-refractivity contribution is 5.75. The summed E-state index contributed by atoms with van der Waals surface area (Å²) in [6, 6.07) is 6.58. The molecule has 156 valence electrons. The van der Waals surface area contributed by atoms with Crippen molar-refractivity contribution >= 4 is 11.0 Å². The lowest BCUT2D eigenvalue weighted by atomic mass is 9.73. The third-order valence-corrected chi connectivity index (χ3v) is 5.31. The lowest BCUT2D eigenvalue weighted by Crippen LogP contribution is -2.52. The molecule has 0 aliphatic heterocycles. The summed E-state index contributed by atoms with van der Waals surface area (Å²) in [7, 11) is 0. The molecule has 0 amide bonds. The predicted octanol–water partition coefficient (Wildman–Crippen LogP) is 4.44. The molecule has 2 heterocycles. The summed E-state index contributed by atoms with van der Waals surface area (Å²) in [4.78, 5) is 14.6. The first-order chi connectivity index (χ1) is 13.3. The normalized spacial score (nSPS) is 14.9. The van der Waals surface area contributed by atoms with Crippen LogP contribution >= 0.6 is 0 Å². The molecule has 1 atom stereocenters. The number of fused-ring (bicyclic) bond motifs is 1. The monoisotopic (exact) mass is 410 g/mol. The van der Waals surface area contributed by atoms with Gasteiger partial charge in [0, 0.05) is 18.5 Å². The highest BCUT2D eigenvalue weighted by Crippen LogP contribution is 2.43. The number of aliphatic hydroxyl groups is 1. The van der Waals surface area contributed by atoms with Crippen LogP contribution in [0.25, 0.3) is 11.0 Å². The summed E-state index contributed by atoms with van der Waals surface area (Å²) in [5.41, 5.74) is -3.17. The van der Waals surface area contributed by atoms with E-state index in [0.717, 1.165) is 6.07 Å². The molecule has 0 spiro atoms. The van der Waals surface area contributed by atoms with Gasteiger partial charge in [0.2, 0.25) is 5.43 Å². The molecule has 2 aromatic heterocycles. The molecule has 8 heteroatoms. The molecule has 4 nitrogen and oxygen atoms in total.